The molecule has 1 aliphatic rings. The standard InChI is InChI=1S/C8H14O2/c1-7(2)10-6-8-4-3-5-9-8/h4,7H,3,5-6H2,1-2H3. The summed E-state index contributed by atoms with van der Waals surface area (Å²) >= 11 is 0. The van der Waals surface area contributed by atoms with Crippen molar-refractivity contribution in [1.82, 2.24) is 0 Å². The minimum absolute atomic E-state index is 0.296. The predicted molar refractivity (Wildman–Crippen MR) is 39.7 cm³/mol. The quantitative estimate of drug-likeness (QED) is 0.597. The summed E-state index contributed by atoms with van der Waals surface area (Å²) in [6.45, 7) is 5.51. The van der Waals surface area contributed by atoms with Crippen LogP contribution in [0.25, 0.3) is 0 Å². The summed E-state index contributed by atoms with van der Waals surface area (Å²) in [5.41, 5.74) is 0. The Kier molecular flexibility index (Phi) is 2.75. The van der Waals surface area contributed by atoms with E-state index in [4.69, 9.17) is 9.47 Å². The van der Waals surface area contributed by atoms with Gasteiger partial charge < -0.3 is 9.47 Å². The maximum atomic E-state index is 5.33. The molecular formula is C8H14O2. The van der Waals surface area contributed by atoms with E-state index in [0.717, 1.165) is 18.8 Å². The Morgan fingerprint density at radius 1 is 1.70 bits per heavy atom. The summed E-state index contributed by atoms with van der Waals surface area (Å²) in [4.78, 5) is 0. The third-order valence-corrected chi connectivity index (χ3v) is 1.34. The van der Waals surface area contributed by atoms with Gasteiger partial charge in [0, 0.05) is 6.42 Å². The fraction of sp³-hybridized carbons (Fsp3) is 0.750. The lowest BCUT2D eigenvalue weighted by Gasteiger charge is -2.07. The van der Waals surface area contributed by atoms with Gasteiger partial charge in [0.15, 0.2) is 0 Å². The highest BCUT2D eigenvalue weighted by atomic mass is 16.5. The molecule has 0 N–H and O–H groups in total. The van der Waals surface area contributed by atoms with E-state index in [1.165, 1.54) is 0 Å². The van der Waals surface area contributed by atoms with Crippen LogP contribution in [0.5, 0.6) is 0 Å². The zero-order chi connectivity index (χ0) is 7.40. The predicted octanol–water partition coefficient (Wildman–Crippen LogP) is 1.72. The van der Waals surface area contributed by atoms with Crippen LogP contribution in [0.2, 0.25) is 0 Å². The molecule has 0 aromatic carbocycles. The third-order valence-electron chi connectivity index (χ3n) is 1.34. The van der Waals surface area contributed by atoms with Crippen molar-refractivity contribution in [2.24, 2.45) is 0 Å². The molecular weight excluding hydrogens is 128 g/mol. The molecule has 1 aliphatic heterocycles. The highest BCUT2D eigenvalue weighted by molar-refractivity contribution is 4.97. The smallest absolute Gasteiger partial charge is 0.118 e. The summed E-state index contributed by atoms with van der Waals surface area (Å²) in [7, 11) is 0. The molecule has 1 rings (SSSR count). The van der Waals surface area contributed by atoms with Gasteiger partial charge >= 0.3 is 0 Å². The topological polar surface area (TPSA) is 18.5 Å². The Morgan fingerprint density at radius 2 is 2.50 bits per heavy atom. The van der Waals surface area contributed by atoms with E-state index in [1.807, 2.05) is 13.8 Å². The molecule has 0 amide bonds. The monoisotopic (exact) mass is 142 g/mol. The first-order chi connectivity index (χ1) is 4.79. The van der Waals surface area contributed by atoms with Gasteiger partial charge in [-0.3, -0.25) is 0 Å². The Hall–Kier alpha value is -0.500. The molecule has 0 aromatic heterocycles. The Balaban J connectivity index is 2.13. The number of ether oxygens (including phenoxy) is 2. The van der Waals surface area contributed by atoms with Crippen LogP contribution in [0.15, 0.2) is 11.8 Å². The molecule has 0 unspecified atom stereocenters. The van der Waals surface area contributed by atoms with Crippen LogP contribution in [0.3, 0.4) is 0 Å². The number of rotatable bonds is 3. The molecule has 0 atom stereocenters. The fourth-order valence-corrected chi connectivity index (χ4v) is 0.818. The lowest BCUT2D eigenvalue weighted by molar-refractivity contribution is 0.0656. The first-order valence-electron chi connectivity index (χ1n) is 3.72. The van der Waals surface area contributed by atoms with Gasteiger partial charge in [-0.25, -0.2) is 0 Å². The Bertz CT molecular complexity index is 127. The van der Waals surface area contributed by atoms with Crippen molar-refractivity contribution in [3.63, 3.8) is 0 Å². The zero-order valence-corrected chi connectivity index (χ0v) is 6.59. The van der Waals surface area contributed by atoms with E-state index in [-0.39, 0.29) is 0 Å². The first kappa shape index (κ1) is 7.61. The van der Waals surface area contributed by atoms with Crippen LogP contribution in [0.1, 0.15) is 20.3 Å². The highest BCUT2D eigenvalue weighted by Crippen LogP contribution is 2.09. The molecule has 0 bridgehead atoms. The fourth-order valence-electron chi connectivity index (χ4n) is 0.818. The maximum absolute atomic E-state index is 5.33. The number of hydrogen-bond donors (Lipinski definition) is 0. The van der Waals surface area contributed by atoms with Crippen LogP contribution >= 0.6 is 0 Å². The lowest BCUT2D eigenvalue weighted by atomic mass is 10.4. The van der Waals surface area contributed by atoms with Crippen LogP contribution in [-0.2, 0) is 9.47 Å². The molecule has 58 valence electrons. The van der Waals surface area contributed by atoms with Crippen LogP contribution in [-0.4, -0.2) is 19.3 Å². The summed E-state index contributed by atoms with van der Waals surface area (Å²) in [6.07, 6.45) is 3.42. The minimum Gasteiger partial charge on any atom is -0.495 e. The van der Waals surface area contributed by atoms with Gasteiger partial charge in [0.2, 0.25) is 0 Å². The van der Waals surface area contributed by atoms with Crippen LogP contribution < -0.4 is 0 Å². The average molecular weight is 142 g/mol. The lowest BCUT2D eigenvalue weighted by Crippen LogP contribution is -2.06. The summed E-state index contributed by atoms with van der Waals surface area (Å²) in [5.74, 6) is 0.994. The SMILES string of the molecule is CC(C)OCC1=CCCO1. The van der Waals surface area contributed by atoms with Gasteiger partial charge in [0.1, 0.15) is 12.4 Å². The molecule has 0 spiro atoms. The molecule has 0 radical (unpaired) electrons. The summed E-state index contributed by atoms with van der Waals surface area (Å²) in [5, 5.41) is 0. The average Bonchev–Trinajstić information content (AvgIpc) is 2.34. The molecule has 10 heavy (non-hydrogen) atoms. The zero-order valence-electron chi connectivity index (χ0n) is 6.59. The van der Waals surface area contributed by atoms with E-state index in [2.05, 4.69) is 6.08 Å². The van der Waals surface area contributed by atoms with Gasteiger partial charge in [-0.1, -0.05) is 0 Å². The third kappa shape index (κ3) is 2.40. The van der Waals surface area contributed by atoms with Gasteiger partial charge in [-0.15, -0.1) is 0 Å². The van der Waals surface area contributed by atoms with Crippen molar-refractivity contribution in [2.75, 3.05) is 13.2 Å². The van der Waals surface area contributed by atoms with E-state index < -0.39 is 0 Å². The molecule has 0 saturated heterocycles. The maximum Gasteiger partial charge on any atom is 0.118 e. The molecule has 0 aliphatic carbocycles. The van der Waals surface area contributed by atoms with Crippen molar-refractivity contribution < 1.29 is 9.47 Å². The largest absolute Gasteiger partial charge is 0.495 e. The van der Waals surface area contributed by atoms with E-state index in [9.17, 15) is 0 Å². The van der Waals surface area contributed by atoms with Gasteiger partial charge in [0.05, 0.1) is 12.7 Å². The second-order valence-electron chi connectivity index (χ2n) is 2.67. The Labute approximate surface area is 61.8 Å². The molecule has 0 fully saturated rings. The van der Waals surface area contributed by atoms with Crippen molar-refractivity contribution >= 4 is 0 Å². The molecule has 0 aromatic rings. The minimum atomic E-state index is 0.296. The van der Waals surface area contributed by atoms with E-state index in [1.54, 1.807) is 0 Å². The summed E-state index contributed by atoms with van der Waals surface area (Å²) < 4.78 is 10.6. The van der Waals surface area contributed by atoms with Crippen LogP contribution in [0.4, 0.5) is 0 Å². The van der Waals surface area contributed by atoms with Crippen LogP contribution in [0, 0.1) is 0 Å². The van der Waals surface area contributed by atoms with Gasteiger partial charge in [-0.05, 0) is 19.9 Å². The molecule has 2 heteroatoms. The van der Waals surface area contributed by atoms with Crippen molar-refractivity contribution in [2.45, 2.75) is 26.4 Å². The molecule has 1 heterocycles. The van der Waals surface area contributed by atoms with Gasteiger partial charge in [-0.2, -0.15) is 0 Å². The molecule has 0 saturated carbocycles. The number of hydrogen-bond acceptors (Lipinski definition) is 2. The van der Waals surface area contributed by atoms with Crippen molar-refractivity contribution in [1.29, 1.82) is 0 Å². The molecule has 2 nitrogen and oxygen atoms in total. The Morgan fingerprint density at radius 3 is 3.00 bits per heavy atom. The van der Waals surface area contributed by atoms with Gasteiger partial charge in [0.25, 0.3) is 0 Å². The summed E-state index contributed by atoms with van der Waals surface area (Å²) in [6, 6.07) is 0. The van der Waals surface area contributed by atoms with Crippen molar-refractivity contribution in [3.8, 4) is 0 Å². The second kappa shape index (κ2) is 3.62. The normalized spacial score (nSPS) is 17.3. The highest BCUT2D eigenvalue weighted by Gasteiger charge is 2.05. The van der Waals surface area contributed by atoms with E-state index in [0.29, 0.717) is 12.7 Å². The second-order valence-corrected chi connectivity index (χ2v) is 2.67. The van der Waals surface area contributed by atoms with Crippen molar-refractivity contribution in [3.05, 3.63) is 11.8 Å². The van der Waals surface area contributed by atoms with E-state index >= 15 is 0 Å². The first-order valence-corrected chi connectivity index (χ1v) is 3.72.